The summed E-state index contributed by atoms with van der Waals surface area (Å²) in [7, 11) is 0. The van der Waals surface area contributed by atoms with Gasteiger partial charge >= 0.3 is 0 Å². The second kappa shape index (κ2) is 6.68. The highest BCUT2D eigenvalue weighted by Gasteiger charge is 2.17. The van der Waals surface area contributed by atoms with Gasteiger partial charge in [-0.05, 0) is 19.8 Å². The lowest BCUT2D eigenvalue weighted by Crippen LogP contribution is -2.32. The smallest absolute Gasteiger partial charge is 0.222 e. The van der Waals surface area contributed by atoms with E-state index < -0.39 is 0 Å². The first-order valence-electron chi connectivity index (χ1n) is 6.63. The minimum absolute atomic E-state index is 0.259. The second-order valence-corrected chi connectivity index (χ2v) is 5.57. The molecule has 0 saturated carbocycles. The Balaban J connectivity index is 1.94. The van der Waals surface area contributed by atoms with Gasteiger partial charge in [0.2, 0.25) is 11.0 Å². The van der Waals surface area contributed by atoms with Crippen molar-refractivity contribution in [2.45, 2.75) is 45.6 Å². The van der Waals surface area contributed by atoms with Crippen LogP contribution < -0.4 is 5.32 Å². The Morgan fingerprint density at radius 1 is 1.28 bits per heavy atom. The molecule has 1 aliphatic rings. The summed E-state index contributed by atoms with van der Waals surface area (Å²) in [5.74, 6) is 0.259. The molecule has 1 N–H and O–H groups in total. The van der Waals surface area contributed by atoms with Gasteiger partial charge in [-0.2, -0.15) is 0 Å². The van der Waals surface area contributed by atoms with E-state index in [1.54, 1.807) is 0 Å². The van der Waals surface area contributed by atoms with Gasteiger partial charge in [-0.25, -0.2) is 0 Å². The molecule has 0 spiro atoms. The molecule has 0 aliphatic carbocycles. The molecule has 1 fully saturated rings. The molecule has 1 saturated heterocycles. The zero-order chi connectivity index (χ0) is 12.8. The molecule has 0 radical (unpaired) electrons. The summed E-state index contributed by atoms with van der Waals surface area (Å²) in [4.78, 5) is 13.9. The van der Waals surface area contributed by atoms with Crippen LogP contribution in [0.4, 0.5) is 5.13 Å². The summed E-state index contributed by atoms with van der Waals surface area (Å²) in [5, 5.41) is 13.1. The Bertz CT molecular complexity index is 393. The van der Waals surface area contributed by atoms with Crippen LogP contribution in [0.3, 0.4) is 0 Å². The molecular formula is C12H20N4OS. The monoisotopic (exact) mass is 268 g/mol. The summed E-state index contributed by atoms with van der Waals surface area (Å²) in [5.41, 5.74) is 0. The standard InChI is InChI=1S/C12H20N4OS/c1-2-13-12-15-14-10(18-12)9-16-8-6-4-3-5-7-11(16)17/h2-9H2,1H3,(H,13,15). The maximum atomic E-state index is 12.0. The Hall–Kier alpha value is -1.17. The van der Waals surface area contributed by atoms with Crippen molar-refractivity contribution in [2.24, 2.45) is 0 Å². The number of anilines is 1. The summed E-state index contributed by atoms with van der Waals surface area (Å²) < 4.78 is 0. The third-order valence-corrected chi connectivity index (χ3v) is 3.91. The molecule has 18 heavy (non-hydrogen) atoms. The van der Waals surface area contributed by atoms with E-state index in [0.29, 0.717) is 13.0 Å². The van der Waals surface area contributed by atoms with Crippen LogP contribution in [0.25, 0.3) is 0 Å². The zero-order valence-corrected chi connectivity index (χ0v) is 11.6. The van der Waals surface area contributed by atoms with Gasteiger partial charge in [0, 0.05) is 19.5 Å². The summed E-state index contributed by atoms with van der Waals surface area (Å²) in [6.45, 7) is 4.34. The molecule has 100 valence electrons. The van der Waals surface area contributed by atoms with Crippen molar-refractivity contribution in [1.82, 2.24) is 15.1 Å². The summed E-state index contributed by atoms with van der Waals surface area (Å²) >= 11 is 1.54. The number of hydrogen-bond acceptors (Lipinski definition) is 5. The Morgan fingerprint density at radius 2 is 2.11 bits per heavy atom. The fourth-order valence-corrected chi connectivity index (χ4v) is 2.91. The zero-order valence-electron chi connectivity index (χ0n) is 10.8. The van der Waals surface area contributed by atoms with Gasteiger partial charge in [0.05, 0.1) is 6.54 Å². The molecule has 6 heteroatoms. The van der Waals surface area contributed by atoms with Gasteiger partial charge in [0.15, 0.2) is 0 Å². The minimum atomic E-state index is 0.259. The highest BCUT2D eigenvalue weighted by Crippen LogP contribution is 2.19. The number of hydrogen-bond donors (Lipinski definition) is 1. The van der Waals surface area contributed by atoms with Crippen molar-refractivity contribution in [3.8, 4) is 0 Å². The number of rotatable bonds is 4. The van der Waals surface area contributed by atoms with E-state index in [1.165, 1.54) is 24.2 Å². The quantitative estimate of drug-likeness (QED) is 0.910. The van der Waals surface area contributed by atoms with Crippen LogP contribution in [0.15, 0.2) is 0 Å². The molecule has 0 bridgehead atoms. The Morgan fingerprint density at radius 3 is 2.94 bits per heavy atom. The molecule has 1 aliphatic heterocycles. The lowest BCUT2D eigenvalue weighted by molar-refractivity contribution is -0.132. The Labute approximate surface area is 112 Å². The van der Waals surface area contributed by atoms with E-state index in [0.717, 1.165) is 36.1 Å². The van der Waals surface area contributed by atoms with Gasteiger partial charge in [0.25, 0.3) is 0 Å². The van der Waals surface area contributed by atoms with E-state index in [1.807, 2.05) is 11.8 Å². The van der Waals surface area contributed by atoms with Crippen molar-refractivity contribution in [3.63, 3.8) is 0 Å². The Kier molecular flexibility index (Phi) is 4.92. The fourth-order valence-electron chi connectivity index (χ4n) is 2.09. The van der Waals surface area contributed by atoms with Gasteiger partial charge in [-0.1, -0.05) is 24.2 Å². The number of likely N-dealkylation sites (tertiary alicyclic amines) is 1. The summed E-state index contributed by atoms with van der Waals surface area (Å²) in [6.07, 6.45) is 5.21. The van der Waals surface area contributed by atoms with E-state index in [-0.39, 0.29) is 5.91 Å². The van der Waals surface area contributed by atoms with Crippen LogP contribution in [-0.4, -0.2) is 34.1 Å². The van der Waals surface area contributed by atoms with Gasteiger partial charge < -0.3 is 10.2 Å². The molecule has 0 aromatic carbocycles. The van der Waals surface area contributed by atoms with Gasteiger partial charge in [-0.3, -0.25) is 4.79 Å². The predicted molar refractivity (Wildman–Crippen MR) is 72.6 cm³/mol. The van der Waals surface area contributed by atoms with E-state index in [4.69, 9.17) is 0 Å². The van der Waals surface area contributed by atoms with Crippen LogP contribution in [0, 0.1) is 0 Å². The minimum Gasteiger partial charge on any atom is -0.360 e. The highest BCUT2D eigenvalue weighted by molar-refractivity contribution is 7.15. The van der Waals surface area contributed by atoms with Crippen LogP contribution in [0.2, 0.25) is 0 Å². The number of nitrogens with one attached hydrogen (secondary N) is 1. The van der Waals surface area contributed by atoms with Crippen molar-refractivity contribution < 1.29 is 4.79 Å². The van der Waals surface area contributed by atoms with Crippen molar-refractivity contribution in [1.29, 1.82) is 0 Å². The van der Waals surface area contributed by atoms with Crippen LogP contribution in [0.5, 0.6) is 0 Å². The maximum Gasteiger partial charge on any atom is 0.222 e. The number of carbonyl (C=O) groups excluding carboxylic acids is 1. The third kappa shape index (κ3) is 3.66. The van der Waals surface area contributed by atoms with Crippen molar-refractivity contribution in [2.75, 3.05) is 18.4 Å². The number of carbonyl (C=O) groups is 1. The first-order chi connectivity index (χ1) is 8.79. The molecule has 5 nitrogen and oxygen atoms in total. The topological polar surface area (TPSA) is 58.1 Å². The summed E-state index contributed by atoms with van der Waals surface area (Å²) in [6, 6.07) is 0. The lowest BCUT2D eigenvalue weighted by Gasteiger charge is -2.23. The second-order valence-electron chi connectivity index (χ2n) is 4.51. The first-order valence-corrected chi connectivity index (χ1v) is 7.45. The van der Waals surface area contributed by atoms with E-state index in [2.05, 4.69) is 15.5 Å². The fraction of sp³-hybridized carbons (Fsp3) is 0.750. The molecule has 2 heterocycles. The predicted octanol–water partition coefficient (Wildman–Crippen LogP) is 2.26. The highest BCUT2D eigenvalue weighted by atomic mass is 32.1. The maximum absolute atomic E-state index is 12.0. The molecule has 0 atom stereocenters. The van der Waals surface area contributed by atoms with Gasteiger partial charge in [0.1, 0.15) is 5.01 Å². The molecule has 1 aromatic heterocycles. The average molecular weight is 268 g/mol. The van der Waals surface area contributed by atoms with Crippen molar-refractivity contribution >= 4 is 22.4 Å². The SMILES string of the molecule is CCNc1nnc(CN2CCCCCCC2=O)s1. The van der Waals surface area contributed by atoms with E-state index >= 15 is 0 Å². The number of amides is 1. The van der Waals surface area contributed by atoms with Gasteiger partial charge in [-0.15, -0.1) is 10.2 Å². The van der Waals surface area contributed by atoms with Crippen LogP contribution in [-0.2, 0) is 11.3 Å². The molecule has 2 rings (SSSR count). The van der Waals surface area contributed by atoms with Crippen molar-refractivity contribution in [3.05, 3.63) is 5.01 Å². The molecular weight excluding hydrogens is 248 g/mol. The first kappa shape index (κ1) is 13.3. The normalized spacial score (nSPS) is 17.4. The molecule has 0 unspecified atom stereocenters. The number of nitrogens with zero attached hydrogens (tertiary/aromatic N) is 3. The molecule has 1 amide bonds. The van der Waals surface area contributed by atoms with Crippen LogP contribution in [0.1, 0.15) is 44.0 Å². The van der Waals surface area contributed by atoms with E-state index in [9.17, 15) is 4.79 Å². The third-order valence-electron chi connectivity index (χ3n) is 3.04. The van der Waals surface area contributed by atoms with Crippen LogP contribution >= 0.6 is 11.3 Å². The number of aromatic nitrogens is 2. The largest absolute Gasteiger partial charge is 0.360 e. The molecule has 1 aromatic rings. The lowest BCUT2D eigenvalue weighted by atomic mass is 10.1. The average Bonchev–Trinajstić information content (AvgIpc) is 2.77.